The molecule has 1 N–H and O–H groups in total. The van der Waals surface area contributed by atoms with E-state index in [0.717, 1.165) is 24.3 Å². The Labute approximate surface area is 131 Å². The minimum Gasteiger partial charge on any atom is -0.451 e. The molecule has 1 aromatic heterocycles. The number of hydrogen-bond acceptors (Lipinski definition) is 6. The van der Waals surface area contributed by atoms with Gasteiger partial charge in [-0.15, -0.1) is 0 Å². The number of esters is 1. The molecule has 2 aromatic rings. The predicted molar refractivity (Wildman–Crippen MR) is 76.2 cm³/mol. The highest BCUT2D eigenvalue weighted by molar-refractivity contribution is 7.17. The van der Waals surface area contributed by atoms with Gasteiger partial charge in [0.2, 0.25) is 0 Å². The maximum Gasteiger partial charge on any atom is 0.349 e. The monoisotopic (exact) mass is 342 g/mol. The molecule has 0 atom stereocenters. The molecule has 10 heteroatoms. The number of nitrogens with one attached hydrogen (secondary N) is 1. The van der Waals surface area contributed by atoms with Gasteiger partial charge in [-0.3, -0.25) is 14.9 Å². The van der Waals surface area contributed by atoms with Crippen LogP contribution in [-0.4, -0.2) is 23.4 Å². The van der Waals surface area contributed by atoms with Gasteiger partial charge in [0.05, 0.1) is 4.92 Å². The van der Waals surface area contributed by atoms with Crippen LogP contribution in [0, 0.1) is 21.7 Å². The summed E-state index contributed by atoms with van der Waals surface area (Å²) in [5, 5.41) is 12.5. The van der Waals surface area contributed by atoms with Crippen LogP contribution in [0.15, 0.2) is 30.3 Å². The minimum atomic E-state index is -1.13. The summed E-state index contributed by atoms with van der Waals surface area (Å²) >= 11 is 0.612. The summed E-state index contributed by atoms with van der Waals surface area (Å²) in [6, 6.07) is 5.10. The summed E-state index contributed by atoms with van der Waals surface area (Å²) in [6.45, 7) is -0.677. The lowest BCUT2D eigenvalue weighted by molar-refractivity contribution is -0.380. The quantitative estimate of drug-likeness (QED) is 0.512. The Morgan fingerprint density at radius 3 is 2.57 bits per heavy atom. The van der Waals surface area contributed by atoms with Gasteiger partial charge in [0.1, 0.15) is 4.88 Å². The number of nitrogens with zero attached hydrogens (tertiary/aromatic N) is 1. The second kappa shape index (κ2) is 6.92. The van der Waals surface area contributed by atoms with E-state index in [9.17, 15) is 28.5 Å². The van der Waals surface area contributed by atoms with Crippen molar-refractivity contribution in [1.29, 1.82) is 0 Å². The smallest absolute Gasteiger partial charge is 0.349 e. The number of benzene rings is 1. The van der Waals surface area contributed by atoms with Gasteiger partial charge in [-0.2, -0.15) is 0 Å². The first-order chi connectivity index (χ1) is 10.9. The maximum atomic E-state index is 13.0. The number of carbonyl (C=O) groups excluding carboxylic acids is 2. The molecule has 1 heterocycles. The zero-order valence-corrected chi connectivity index (χ0v) is 12.1. The van der Waals surface area contributed by atoms with E-state index in [4.69, 9.17) is 0 Å². The SMILES string of the molecule is O=C(COC(=O)c1ccc([N+](=O)[O-])s1)Nc1ccc(F)c(F)c1. The van der Waals surface area contributed by atoms with Gasteiger partial charge in [-0.25, -0.2) is 13.6 Å². The first-order valence-electron chi connectivity index (χ1n) is 6.03. The fraction of sp³-hybridized carbons (Fsp3) is 0.0769. The fourth-order valence-corrected chi connectivity index (χ4v) is 2.22. The number of amides is 1. The Bertz CT molecular complexity index is 777. The summed E-state index contributed by atoms with van der Waals surface area (Å²) in [4.78, 5) is 33.0. The molecule has 0 aliphatic carbocycles. The topological polar surface area (TPSA) is 98.5 Å². The molecule has 0 bridgehead atoms. The van der Waals surface area contributed by atoms with E-state index in [1.165, 1.54) is 6.07 Å². The number of halogens is 2. The average Bonchev–Trinajstić information content (AvgIpc) is 2.99. The van der Waals surface area contributed by atoms with Crippen LogP contribution < -0.4 is 5.32 Å². The summed E-state index contributed by atoms with van der Waals surface area (Å²) < 4.78 is 30.4. The number of hydrogen-bond donors (Lipinski definition) is 1. The van der Waals surface area contributed by atoms with E-state index in [0.29, 0.717) is 11.3 Å². The molecule has 120 valence electrons. The molecule has 1 amide bonds. The lowest BCUT2D eigenvalue weighted by Crippen LogP contribution is -2.20. The van der Waals surface area contributed by atoms with Crippen molar-refractivity contribution in [2.24, 2.45) is 0 Å². The third-order valence-electron chi connectivity index (χ3n) is 2.51. The summed E-state index contributed by atoms with van der Waals surface area (Å²) in [5.74, 6) is -3.86. The van der Waals surface area contributed by atoms with Crippen LogP contribution in [0.3, 0.4) is 0 Å². The summed E-state index contributed by atoms with van der Waals surface area (Å²) in [6.07, 6.45) is 0. The second-order valence-electron chi connectivity index (χ2n) is 4.15. The molecule has 0 saturated carbocycles. The van der Waals surface area contributed by atoms with Crippen LogP contribution in [0.2, 0.25) is 0 Å². The number of carbonyl (C=O) groups is 2. The van der Waals surface area contributed by atoms with Gasteiger partial charge in [0.15, 0.2) is 18.2 Å². The first-order valence-corrected chi connectivity index (χ1v) is 6.84. The zero-order chi connectivity index (χ0) is 17.0. The van der Waals surface area contributed by atoms with Crippen molar-refractivity contribution in [3.63, 3.8) is 0 Å². The molecular formula is C13H8F2N2O5S. The van der Waals surface area contributed by atoms with Crippen molar-refractivity contribution < 1.29 is 28.0 Å². The van der Waals surface area contributed by atoms with Crippen LogP contribution in [0.4, 0.5) is 19.5 Å². The third-order valence-corrected chi connectivity index (χ3v) is 3.53. The Kier molecular flexibility index (Phi) is 4.96. The molecule has 0 spiro atoms. The second-order valence-corrected chi connectivity index (χ2v) is 5.21. The van der Waals surface area contributed by atoms with Crippen molar-refractivity contribution in [2.45, 2.75) is 0 Å². The Balaban J connectivity index is 1.89. The van der Waals surface area contributed by atoms with E-state index in [1.54, 1.807) is 0 Å². The van der Waals surface area contributed by atoms with Crippen LogP contribution in [0.25, 0.3) is 0 Å². The molecule has 23 heavy (non-hydrogen) atoms. The third kappa shape index (κ3) is 4.30. The van der Waals surface area contributed by atoms with Gasteiger partial charge in [-0.05, 0) is 18.2 Å². The van der Waals surface area contributed by atoms with E-state index >= 15 is 0 Å². The predicted octanol–water partition coefficient (Wildman–Crippen LogP) is 2.73. The Morgan fingerprint density at radius 1 is 1.22 bits per heavy atom. The Hall–Kier alpha value is -2.88. The number of ether oxygens (including phenoxy) is 1. The molecule has 0 unspecified atom stereocenters. The summed E-state index contributed by atoms with van der Waals surface area (Å²) in [5.41, 5.74) is -0.00305. The molecule has 0 fully saturated rings. The van der Waals surface area contributed by atoms with Crippen molar-refractivity contribution in [3.8, 4) is 0 Å². The highest BCUT2D eigenvalue weighted by atomic mass is 32.1. The number of rotatable bonds is 5. The van der Waals surface area contributed by atoms with E-state index in [1.807, 2.05) is 0 Å². The van der Waals surface area contributed by atoms with Crippen LogP contribution in [0.1, 0.15) is 9.67 Å². The minimum absolute atomic E-state index is 0.00305. The number of thiophene rings is 1. The fourth-order valence-electron chi connectivity index (χ4n) is 1.51. The highest BCUT2D eigenvalue weighted by Gasteiger charge is 2.17. The largest absolute Gasteiger partial charge is 0.451 e. The average molecular weight is 342 g/mol. The van der Waals surface area contributed by atoms with Gasteiger partial charge in [0.25, 0.3) is 5.91 Å². The van der Waals surface area contributed by atoms with Gasteiger partial charge >= 0.3 is 11.0 Å². The van der Waals surface area contributed by atoms with Gasteiger partial charge in [-0.1, -0.05) is 11.3 Å². The molecular weight excluding hydrogens is 334 g/mol. The van der Waals surface area contributed by atoms with Crippen LogP contribution >= 0.6 is 11.3 Å². The van der Waals surface area contributed by atoms with Crippen LogP contribution in [-0.2, 0) is 9.53 Å². The maximum absolute atomic E-state index is 13.0. The molecule has 0 radical (unpaired) electrons. The van der Waals surface area contributed by atoms with Crippen molar-refractivity contribution in [3.05, 3.63) is 57.0 Å². The lowest BCUT2D eigenvalue weighted by atomic mass is 10.3. The molecule has 1 aromatic carbocycles. The molecule has 0 aliphatic rings. The highest BCUT2D eigenvalue weighted by Crippen LogP contribution is 2.24. The van der Waals surface area contributed by atoms with Crippen molar-refractivity contribution in [1.82, 2.24) is 0 Å². The van der Waals surface area contributed by atoms with E-state index < -0.39 is 35.0 Å². The standard InChI is InChI=1S/C13H8F2N2O5S/c14-8-2-1-7(5-9(8)15)16-11(18)6-22-13(19)10-3-4-12(23-10)17(20)21/h1-5H,6H2,(H,16,18). The van der Waals surface area contributed by atoms with Crippen molar-refractivity contribution in [2.75, 3.05) is 11.9 Å². The molecule has 0 saturated heterocycles. The molecule has 7 nitrogen and oxygen atoms in total. The van der Waals surface area contributed by atoms with E-state index in [-0.39, 0.29) is 15.6 Å². The van der Waals surface area contributed by atoms with Crippen molar-refractivity contribution >= 4 is 33.9 Å². The van der Waals surface area contributed by atoms with E-state index in [2.05, 4.69) is 10.1 Å². The molecule has 2 rings (SSSR count). The Morgan fingerprint density at radius 2 is 1.96 bits per heavy atom. The molecule has 0 aliphatic heterocycles. The zero-order valence-electron chi connectivity index (χ0n) is 11.2. The van der Waals surface area contributed by atoms with Crippen LogP contribution in [0.5, 0.6) is 0 Å². The summed E-state index contributed by atoms with van der Waals surface area (Å²) in [7, 11) is 0. The normalized spacial score (nSPS) is 10.2. The van der Waals surface area contributed by atoms with Gasteiger partial charge in [0, 0.05) is 17.8 Å². The number of anilines is 1. The lowest BCUT2D eigenvalue weighted by Gasteiger charge is -2.06. The first kappa shape index (κ1) is 16.5. The number of nitro groups is 1. The van der Waals surface area contributed by atoms with Gasteiger partial charge < -0.3 is 10.1 Å².